The Morgan fingerprint density at radius 3 is 1.09 bits per heavy atom. The summed E-state index contributed by atoms with van der Waals surface area (Å²) >= 11 is 0. The number of esters is 1. The van der Waals surface area contributed by atoms with Crippen molar-refractivity contribution in [2.45, 2.75) is 91.3 Å². The number of amides is 2. The van der Waals surface area contributed by atoms with Crippen LogP contribution < -0.4 is 62.7 Å². The van der Waals surface area contributed by atoms with Gasteiger partial charge in [0.05, 0.1) is 35.5 Å². The molecule has 2 amide bonds. The maximum Gasteiger partial charge on any atom is 0.408 e. The number of methoxy groups -OCH3 is 5. The van der Waals surface area contributed by atoms with Crippen molar-refractivity contribution in [2.75, 3.05) is 35.5 Å². The summed E-state index contributed by atoms with van der Waals surface area (Å²) < 4.78 is 76.3. The van der Waals surface area contributed by atoms with Gasteiger partial charge >= 0.3 is 12.1 Å². The Kier molecular flexibility index (Phi) is 23.2. The lowest BCUT2D eigenvalue weighted by Crippen LogP contribution is -2.53. The normalized spacial score (nSPS) is 11.6. The molecule has 3 N–H and O–H groups in total. The van der Waals surface area contributed by atoms with Crippen molar-refractivity contribution in [3.8, 4) is 63.2 Å². The number of hydrogen-bond acceptors (Lipinski definition) is 17. The van der Waals surface area contributed by atoms with Crippen molar-refractivity contribution in [1.82, 2.24) is 10.6 Å². The van der Waals surface area contributed by atoms with Gasteiger partial charge < -0.3 is 77.3 Å². The number of nitrogens with one attached hydrogen (secondary N) is 2. The topological polar surface area (TPSA) is 215 Å². The lowest BCUT2D eigenvalue weighted by Gasteiger charge is -2.24. The number of aliphatic hydroxyl groups excluding tert-OH is 1. The van der Waals surface area contributed by atoms with Crippen molar-refractivity contribution in [1.29, 1.82) is 0 Å². The second-order valence-electron chi connectivity index (χ2n) is 21.3. The predicted molar refractivity (Wildman–Crippen MR) is 331 cm³/mol. The van der Waals surface area contributed by atoms with E-state index >= 15 is 0 Å². The van der Waals surface area contributed by atoms with E-state index in [1.807, 2.05) is 146 Å². The van der Waals surface area contributed by atoms with E-state index in [9.17, 15) is 19.5 Å². The van der Waals surface area contributed by atoms with E-state index in [1.54, 1.807) is 79.5 Å². The molecule has 8 aromatic carbocycles. The highest BCUT2D eigenvalue weighted by Crippen LogP contribution is 2.34. The molecule has 0 aliphatic heterocycles. The molecule has 0 aromatic heterocycles. The largest absolute Gasteiger partial charge is 0.497 e. The molecule has 2 atom stereocenters. The van der Waals surface area contributed by atoms with Crippen LogP contribution in [-0.4, -0.2) is 76.5 Å². The quantitative estimate of drug-likeness (QED) is 0.0272. The van der Waals surface area contributed by atoms with Gasteiger partial charge in [0.25, 0.3) is 0 Å². The average molecular weight is 1220 g/mol. The Bertz CT molecular complexity index is 3380. The van der Waals surface area contributed by atoms with Crippen LogP contribution in [0.4, 0.5) is 4.79 Å². The zero-order valence-corrected chi connectivity index (χ0v) is 51.0. The van der Waals surface area contributed by atoms with Gasteiger partial charge in [0.15, 0.2) is 23.0 Å². The standard InChI is InChI=1S/C70H74N2O17/c1-70(2,3)89-69(76)71-61(66(73)72-67(74)68(75)81-8)35-46-9-29-58(30-10-46)82-45-53-33-59(83-43-51-19-31-62(85-39-47-11-21-54(77-4)22-12-47)64(36-51)87-41-49-15-25-56(79-6)26-16-49)38-60(34-53)84-44-52-20-32-63(86-40-48-13-23-55(78-5)24-14-48)65(37-52)88-42-50-17-27-57(80-7)28-18-50/h9-34,36-38,61,67,74H,35,39-45H2,1-8H3,(H,71,76)(H,72,73). The van der Waals surface area contributed by atoms with Gasteiger partial charge in [0.1, 0.15) is 98.1 Å². The average Bonchev–Trinajstić information content (AvgIpc) is 3.58. The Labute approximate surface area is 518 Å². The first-order chi connectivity index (χ1) is 43.0. The van der Waals surface area contributed by atoms with Crippen LogP contribution >= 0.6 is 0 Å². The Morgan fingerprint density at radius 2 is 0.708 bits per heavy atom. The Morgan fingerprint density at radius 1 is 0.371 bits per heavy atom. The fourth-order valence-electron chi connectivity index (χ4n) is 8.68. The first kappa shape index (κ1) is 64.7. The van der Waals surface area contributed by atoms with Gasteiger partial charge in [-0.3, -0.25) is 4.79 Å². The van der Waals surface area contributed by atoms with Crippen LogP contribution in [-0.2, 0) is 71.7 Å². The molecule has 0 heterocycles. The van der Waals surface area contributed by atoms with E-state index in [2.05, 4.69) is 15.4 Å². The molecule has 0 spiro atoms. The van der Waals surface area contributed by atoms with E-state index in [0.29, 0.717) is 64.6 Å². The first-order valence-electron chi connectivity index (χ1n) is 28.5. The maximum atomic E-state index is 13.3. The third-order valence-electron chi connectivity index (χ3n) is 13.5. The Hall–Kier alpha value is -10.3. The van der Waals surface area contributed by atoms with Crippen LogP contribution in [0.25, 0.3) is 0 Å². The summed E-state index contributed by atoms with van der Waals surface area (Å²) in [7, 11) is 7.56. The molecule has 0 saturated carbocycles. The molecular weight excluding hydrogens is 1140 g/mol. The molecule has 2 unspecified atom stereocenters. The molecule has 0 radical (unpaired) electrons. The van der Waals surface area contributed by atoms with Crippen molar-refractivity contribution in [3.63, 3.8) is 0 Å². The van der Waals surface area contributed by atoms with Crippen molar-refractivity contribution >= 4 is 18.0 Å². The van der Waals surface area contributed by atoms with Crippen LogP contribution in [0.15, 0.2) is 176 Å². The maximum absolute atomic E-state index is 13.3. The highest BCUT2D eigenvalue weighted by molar-refractivity contribution is 5.89. The molecule has 0 saturated heterocycles. The van der Waals surface area contributed by atoms with Crippen LogP contribution in [0.3, 0.4) is 0 Å². The number of carbonyl (C=O) groups excluding carboxylic acids is 3. The molecule has 8 rings (SSSR count). The summed E-state index contributed by atoms with van der Waals surface area (Å²) in [6.45, 7) is 6.51. The van der Waals surface area contributed by atoms with Gasteiger partial charge in [0.2, 0.25) is 12.1 Å². The summed E-state index contributed by atoms with van der Waals surface area (Å²) in [4.78, 5) is 38.1. The second kappa shape index (κ2) is 31.9. The highest BCUT2D eigenvalue weighted by atomic mass is 16.6. The van der Waals surface area contributed by atoms with Crippen LogP contribution in [0, 0.1) is 0 Å². The fraction of sp³-hybridized carbons (Fsp3) is 0.271. The van der Waals surface area contributed by atoms with E-state index in [4.69, 9.17) is 56.8 Å². The molecular formula is C70H74N2O17. The Balaban J connectivity index is 1.03. The molecule has 0 aliphatic carbocycles. The zero-order valence-electron chi connectivity index (χ0n) is 51.0. The second-order valence-corrected chi connectivity index (χ2v) is 21.3. The summed E-state index contributed by atoms with van der Waals surface area (Å²) in [6, 6.07) is 53.2. The van der Waals surface area contributed by atoms with Gasteiger partial charge in [0, 0.05) is 12.5 Å². The van der Waals surface area contributed by atoms with E-state index in [0.717, 1.165) is 63.5 Å². The number of rotatable bonds is 31. The van der Waals surface area contributed by atoms with E-state index in [1.165, 1.54) is 0 Å². The van der Waals surface area contributed by atoms with Crippen molar-refractivity contribution < 1.29 is 81.1 Å². The van der Waals surface area contributed by atoms with Crippen molar-refractivity contribution in [2.24, 2.45) is 0 Å². The minimum Gasteiger partial charge on any atom is -0.497 e. The minimum atomic E-state index is -1.96. The third-order valence-corrected chi connectivity index (χ3v) is 13.5. The summed E-state index contributed by atoms with van der Waals surface area (Å²) in [6.07, 6.45) is -2.86. The SMILES string of the molecule is COC(=O)C(O)NC(=O)C(Cc1ccc(OCc2cc(OCc3ccc(OCc4ccc(OC)cc4)c(OCc4ccc(OC)cc4)c3)cc(OCc3ccc(OCc4ccc(OC)cc4)c(OCc4ccc(OC)cc4)c3)c2)cc1)NC(=O)OC(C)(C)C. The summed E-state index contributed by atoms with van der Waals surface area (Å²) in [5.74, 6) is 4.64. The predicted octanol–water partition coefficient (Wildman–Crippen LogP) is 11.8. The molecule has 19 nitrogen and oxygen atoms in total. The molecule has 89 heavy (non-hydrogen) atoms. The molecule has 466 valence electrons. The van der Waals surface area contributed by atoms with E-state index < -0.39 is 35.8 Å². The minimum absolute atomic E-state index is 0.0369. The number of hydrogen-bond donors (Lipinski definition) is 3. The molecule has 8 aromatic rings. The number of carbonyl (C=O) groups is 3. The first-order valence-corrected chi connectivity index (χ1v) is 28.5. The highest BCUT2D eigenvalue weighted by Gasteiger charge is 2.28. The lowest BCUT2D eigenvalue weighted by molar-refractivity contribution is -0.154. The molecule has 19 heteroatoms. The van der Waals surface area contributed by atoms with Crippen LogP contribution in [0.1, 0.15) is 65.3 Å². The van der Waals surface area contributed by atoms with Gasteiger partial charge in [-0.25, -0.2) is 9.59 Å². The summed E-state index contributed by atoms with van der Waals surface area (Å²) in [5.41, 5.74) is 5.82. The van der Waals surface area contributed by atoms with Crippen LogP contribution in [0.2, 0.25) is 0 Å². The zero-order chi connectivity index (χ0) is 63.1. The smallest absolute Gasteiger partial charge is 0.408 e. The lowest BCUT2D eigenvalue weighted by atomic mass is 10.0. The fourth-order valence-corrected chi connectivity index (χ4v) is 8.68. The number of alkyl carbamates (subject to hydrolysis) is 1. The molecule has 0 bridgehead atoms. The van der Waals surface area contributed by atoms with Crippen molar-refractivity contribution in [3.05, 3.63) is 220 Å². The van der Waals surface area contributed by atoms with Crippen LogP contribution in [0.5, 0.6) is 63.2 Å². The molecule has 0 aliphatic rings. The van der Waals surface area contributed by atoms with Gasteiger partial charge in [-0.05, 0) is 162 Å². The number of aliphatic hydroxyl groups is 1. The van der Waals surface area contributed by atoms with Gasteiger partial charge in [-0.2, -0.15) is 0 Å². The third kappa shape index (κ3) is 20.4. The van der Waals surface area contributed by atoms with Gasteiger partial charge in [-0.1, -0.05) is 72.8 Å². The van der Waals surface area contributed by atoms with E-state index in [-0.39, 0.29) is 39.5 Å². The number of ether oxygens (including phenoxy) is 13. The molecule has 0 fully saturated rings. The number of benzene rings is 8. The summed E-state index contributed by atoms with van der Waals surface area (Å²) in [5, 5.41) is 14.9. The van der Waals surface area contributed by atoms with Gasteiger partial charge in [-0.15, -0.1) is 0 Å². The monoisotopic (exact) mass is 1210 g/mol.